The number of carbonyl (C=O) groups is 5. The van der Waals surface area contributed by atoms with Crippen LogP contribution in [0.2, 0.25) is 0 Å². The quantitative estimate of drug-likeness (QED) is 0.205. The second-order valence-corrected chi connectivity index (χ2v) is 3.93. The van der Waals surface area contributed by atoms with Gasteiger partial charge in [-0.1, -0.05) is 0 Å². The predicted molar refractivity (Wildman–Crippen MR) is 75.7 cm³/mol. The Kier molecular flexibility index (Phi) is 15.6. The van der Waals surface area contributed by atoms with Crippen LogP contribution in [0.4, 0.5) is 0 Å². The molecule has 25 heavy (non-hydrogen) atoms. The third-order valence-electron chi connectivity index (χ3n) is 1.75. The molecule has 144 valence electrons. The monoisotopic (exact) mass is 370 g/mol. The summed E-state index contributed by atoms with van der Waals surface area (Å²) >= 11 is 0. The number of hydrogen-bond acceptors (Lipinski definition) is 8. The molecule has 0 saturated heterocycles. The summed E-state index contributed by atoms with van der Waals surface area (Å²) in [7, 11) is 0. The van der Waals surface area contributed by atoms with Crippen molar-refractivity contribution in [1.29, 1.82) is 0 Å². The Bertz CT molecular complexity index is 459. The van der Waals surface area contributed by atoms with Crippen molar-refractivity contribution in [2.75, 3.05) is 13.2 Å². The Labute approximate surface area is 139 Å². The molecule has 8 N–H and O–H groups in total. The highest BCUT2D eigenvalue weighted by Crippen LogP contribution is 2.15. The molecule has 0 amide bonds. The second-order valence-electron chi connectivity index (χ2n) is 3.93. The lowest BCUT2D eigenvalue weighted by atomic mass is 9.96. The molecule has 0 unspecified atom stereocenters. The molecule has 0 aromatic heterocycles. The fraction of sp³-hybridized carbons (Fsp3) is 0.417. The molecular weight excluding hydrogens is 352 g/mol. The lowest BCUT2D eigenvalue weighted by Crippen LogP contribution is -2.42. The molecule has 0 aromatic rings. The fourth-order valence-corrected chi connectivity index (χ4v) is 0.857. The van der Waals surface area contributed by atoms with Crippen molar-refractivity contribution in [1.82, 2.24) is 0 Å². The maximum atomic E-state index is 10.3. The van der Waals surface area contributed by atoms with Crippen LogP contribution in [-0.4, -0.2) is 89.5 Å². The minimum absolute atomic E-state index is 0.125. The van der Waals surface area contributed by atoms with Crippen LogP contribution in [-0.2, 0) is 24.0 Å². The van der Waals surface area contributed by atoms with Crippen molar-refractivity contribution in [3.63, 3.8) is 0 Å². The lowest BCUT2D eigenvalue weighted by Gasteiger charge is -2.18. The Morgan fingerprint density at radius 2 is 0.960 bits per heavy atom. The van der Waals surface area contributed by atoms with Gasteiger partial charge in [0.25, 0.3) is 0 Å². The van der Waals surface area contributed by atoms with E-state index in [1.165, 1.54) is 0 Å². The smallest absolute Gasteiger partial charge is 0.336 e. The van der Waals surface area contributed by atoms with Gasteiger partial charge in [-0.25, -0.2) is 14.4 Å². The van der Waals surface area contributed by atoms with Gasteiger partial charge in [0, 0.05) is 12.2 Å². The maximum absolute atomic E-state index is 10.3. The van der Waals surface area contributed by atoms with Gasteiger partial charge in [-0.3, -0.25) is 9.59 Å². The molecule has 0 aliphatic rings. The van der Waals surface area contributed by atoms with Crippen molar-refractivity contribution in [3.05, 3.63) is 12.2 Å². The van der Waals surface area contributed by atoms with Crippen LogP contribution in [0.3, 0.4) is 0 Å². The van der Waals surface area contributed by atoms with E-state index >= 15 is 0 Å². The number of rotatable bonds is 8. The normalized spacial score (nSPS) is 9.88. The summed E-state index contributed by atoms with van der Waals surface area (Å²) < 4.78 is 0. The van der Waals surface area contributed by atoms with Crippen molar-refractivity contribution < 1.29 is 64.8 Å². The molecule has 13 nitrogen and oxygen atoms in total. The topological polar surface area (TPSA) is 247 Å². The zero-order valence-corrected chi connectivity index (χ0v) is 12.6. The molecular formula is C12H18O13. The molecule has 0 bridgehead atoms. The van der Waals surface area contributed by atoms with E-state index < -0.39 is 48.3 Å². The van der Waals surface area contributed by atoms with Crippen LogP contribution < -0.4 is 0 Å². The van der Waals surface area contributed by atoms with Gasteiger partial charge < -0.3 is 40.9 Å². The first-order chi connectivity index (χ1) is 11.3. The first-order valence-electron chi connectivity index (χ1n) is 6.07. The van der Waals surface area contributed by atoms with Crippen molar-refractivity contribution >= 4 is 29.8 Å². The van der Waals surface area contributed by atoms with Crippen LogP contribution in [0, 0.1) is 0 Å². The summed E-state index contributed by atoms with van der Waals surface area (Å²) in [6.45, 7) is -0.250. The Morgan fingerprint density at radius 3 is 1.08 bits per heavy atom. The van der Waals surface area contributed by atoms with E-state index in [9.17, 15) is 24.0 Å². The van der Waals surface area contributed by atoms with Gasteiger partial charge >= 0.3 is 29.8 Å². The van der Waals surface area contributed by atoms with Gasteiger partial charge in [0.2, 0.25) is 0 Å². The largest absolute Gasteiger partial charge is 0.481 e. The molecule has 0 radical (unpaired) electrons. The summed E-state index contributed by atoms with van der Waals surface area (Å²) in [4.78, 5) is 49.6. The first kappa shape index (κ1) is 26.8. The summed E-state index contributed by atoms with van der Waals surface area (Å²) in [5, 5.41) is 64.7. The van der Waals surface area contributed by atoms with E-state index in [1.54, 1.807) is 0 Å². The van der Waals surface area contributed by atoms with E-state index in [0.717, 1.165) is 0 Å². The SMILES string of the molecule is O=C(O)C=CC(=O)O.O=C(O)CC(O)(CC(=O)O)C(=O)O.OCCO. The van der Waals surface area contributed by atoms with E-state index in [4.69, 9.17) is 40.9 Å². The molecule has 0 spiro atoms. The Morgan fingerprint density at radius 1 is 0.680 bits per heavy atom. The third-order valence-corrected chi connectivity index (χ3v) is 1.75. The summed E-state index contributed by atoms with van der Waals surface area (Å²) in [5.74, 6) is -7.53. The van der Waals surface area contributed by atoms with E-state index in [0.29, 0.717) is 12.2 Å². The van der Waals surface area contributed by atoms with Crippen molar-refractivity contribution in [2.45, 2.75) is 18.4 Å². The number of hydrogen-bond donors (Lipinski definition) is 8. The van der Waals surface area contributed by atoms with Crippen molar-refractivity contribution in [3.8, 4) is 0 Å². The van der Waals surface area contributed by atoms with Gasteiger partial charge in [0.1, 0.15) is 0 Å². The highest BCUT2D eigenvalue weighted by atomic mass is 16.4. The van der Waals surface area contributed by atoms with Gasteiger partial charge in [-0.15, -0.1) is 0 Å². The third kappa shape index (κ3) is 21.0. The van der Waals surface area contributed by atoms with Crippen LogP contribution in [0.1, 0.15) is 12.8 Å². The molecule has 0 heterocycles. The van der Waals surface area contributed by atoms with Gasteiger partial charge in [-0.2, -0.15) is 0 Å². The summed E-state index contributed by atoms with van der Waals surface area (Å²) in [6.07, 6.45) is -1.17. The number of carboxylic acids is 5. The lowest BCUT2D eigenvalue weighted by molar-refractivity contribution is -0.170. The van der Waals surface area contributed by atoms with Crippen LogP contribution >= 0.6 is 0 Å². The van der Waals surface area contributed by atoms with Gasteiger partial charge in [0.05, 0.1) is 26.1 Å². The van der Waals surface area contributed by atoms with Crippen LogP contribution in [0.5, 0.6) is 0 Å². The average molecular weight is 370 g/mol. The minimum Gasteiger partial charge on any atom is -0.481 e. The van der Waals surface area contributed by atoms with E-state index in [2.05, 4.69) is 0 Å². The molecule has 0 aliphatic heterocycles. The molecule has 0 aliphatic carbocycles. The van der Waals surface area contributed by atoms with Gasteiger partial charge in [-0.05, 0) is 0 Å². The number of carboxylic acid groups (broad SMARTS) is 5. The standard InChI is InChI=1S/C6H8O7.C4H4O4.C2H6O2/c7-3(8)1-6(13,5(11)12)2-4(9)10;5-3(6)1-2-4(7)8;3-1-2-4/h13H,1-2H2,(H,7,8)(H,9,10)(H,11,12);1-2H,(H,5,6)(H,7,8);3-4H,1-2H2. The highest BCUT2D eigenvalue weighted by molar-refractivity contribution is 5.89. The van der Waals surface area contributed by atoms with Crippen LogP contribution in [0.25, 0.3) is 0 Å². The molecule has 0 rings (SSSR count). The van der Waals surface area contributed by atoms with Crippen molar-refractivity contribution in [2.24, 2.45) is 0 Å². The molecule has 0 saturated carbocycles. The minimum atomic E-state index is -2.74. The Hall–Kier alpha value is -3.03. The zero-order valence-electron chi connectivity index (χ0n) is 12.6. The van der Waals surface area contributed by atoms with E-state index in [-0.39, 0.29) is 13.2 Å². The summed E-state index contributed by atoms with van der Waals surface area (Å²) in [6, 6.07) is 0. The molecule has 0 aromatic carbocycles. The Balaban J connectivity index is -0.000000342. The molecule has 0 atom stereocenters. The molecule has 13 heteroatoms. The maximum Gasteiger partial charge on any atom is 0.336 e. The highest BCUT2D eigenvalue weighted by Gasteiger charge is 2.40. The zero-order chi connectivity index (χ0) is 20.6. The summed E-state index contributed by atoms with van der Waals surface area (Å²) in [5.41, 5.74) is -2.74. The van der Waals surface area contributed by atoms with Gasteiger partial charge in [0.15, 0.2) is 5.60 Å². The first-order valence-corrected chi connectivity index (χ1v) is 6.07. The number of aliphatic carboxylic acids is 5. The number of aliphatic hydroxyl groups excluding tert-OH is 2. The average Bonchev–Trinajstić information content (AvgIpc) is 2.44. The fourth-order valence-electron chi connectivity index (χ4n) is 0.857. The second kappa shape index (κ2) is 14.6. The van der Waals surface area contributed by atoms with E-state index in [1.807, 2.05) is 0 Å². The predicted octanol–water partition coefficient (Wildman–Crippen LogP) is -2.57. The number of aliphatic hydroxyl groups is 3. The molecule has 0 fully saturated rings. The van der Waals surface area contributed by atoms with Crippen LogP contribution in [0.15, 0.2) is 12.2 Å².